The molecule has 0 radical (unpaired) electrons. The molecule has 3 aliphatic rings. The maximum absolute atomic E-state index is 12.5. The van der Waals surface area contributed by atoms with Crippen LogP contribution in [0.1, 0.15) is 34.6 Å². The first kappa shape index (κ1) is 12.7. The van der Waals surface area contributed by atoms with E-state index in [1.807, 2.05) is 26.0 Å². The normalized spacial score (nSPS) is 32.7. The summed E-state index contributed by atoms with van der Waals surface area (Å²) in [4.78, 5) is 26.3. The van der Waals surface area contributed by atoms with Gasteiger partial charge in [0.05, 0.1) is 17.2 Å². The Labute approximate surface area is 122 Å². The summed E-state index contributed by atoms with van der Waals surface area (Å²) in [6.45, 7) is 3.66. The molecular formula is C16H15NO4. The molecule has 3 unspecified atom stereocenters. The van der Waals surface area contributed by atoms with Crippen LogP contribution in [0, 0.1) is 0 Å². The lowest BCUT2D eigenvalue weighted by Crippen LogP contribution is -2.46. The van der Waals surface area contributed by atoms with Crippen molar-refractivity contribution in [2.24, 2.45) is 0 Å². The highest BCUT2D eigenvalue weighted by Crippen LogP contribution is 2.38. The minimum Gasteiger partial charge on any atom is -0.342 e. The van der Waals surface area contributed by atoms with Crippen LogP contribution in [0.5, 0.6) is 0 Å². The molecule has 1 aliphatic carbocycles. The van der Waals surface area contributed by atoms with Gasteiger partial charge in [0, 0.05) is 0 Å². The van der Waals surface area contributed by atoms with Gasteiger partial charge in [-0.15, -0.1) is 0 Å². The molecule has 1 saturated heterocycles. The highest BCUT2D eigenvalue weighted by molar-refractivity contribution is 6.21. The molecule has 0 N–H and O–H groups in total. The Morgan fingerprint density at radius 2 is 1.62 bits per heavy atom. The molecule has 0 spiro atoms. The van der Waals surface area contributed by atoms with Gasteiger partial charge in [-0.05, 0) is 26.0 Å². The van der Waals surface area contributed by atoms with Gasteiger partial charge in [0.1, 0.15) is 12.2 Å². The molecule has 0 aromatic heterocycles. The quantitative estimate of drug-likeness (QED) is 0.582. The molecule has 1 fully saturated rings. The SMILES string of the molecule is CC1(C)OC2C=CC(N3C(=O)c4ccccc4C3=O)C2O1. The van der Waals surface area contributed by atoms with Gasteiger partial charge >= 0.3 is 0 Å². The second-order valence-electron chi connectivity index (χ2n) is 5.97. The van der Waals surface area contributed by atoms with Crippen molar-refractivity contribution >= 4 is 11.8 Å². The average Bonchev–Trinajstić information content (AvgIpc) is 3.02. The summed E-state index contributed by atoms with van der Waals surface area (Å²) in [5.74, 6) is -1.23. The third kappa shape index (κ3) is 1.71. The summed E-state index contributed by atoms with van der Waals surface area (Å²) in [6, 6.07) is 6.48. The lowest BCUT2D eigenvalue weighted by molar-refractivity contribution is -0.147. The predicted molar refractivity (Wildman–Crippen MR) is 73.7 cm³/mol. The number of benzene rings is 1. The van der Waals surface area contributed by atoms with Crippen LogP contribution in [0.25, 0.3) is 0 Å². The third-order valence-electron chi connectivity index (χ3n) is 4.12. The molecule has 2 heterocycles. The molecule has 21 heavy (non-hydrogen) atoms. The zero-order chi connectivity index (χ0) is 14.8. The van der Waals surface area contributed by atoms with Crippen LogP contribution in [0.4, 0.5) is 0 Å². The van der Waals surface area contributed by atoms with Crippen LogP contribution in [0.15, 0.2) is 36.4 Å². The van der Waals surface area contributed by atoms with Gasteiger partial charge in [0.2, 0.25) is 0 Å². The zero-order valence-corrected chi connectivity index (χ0v) is 11.8. The van der Waals surface area contributed by atoms with Gasteiger partial charge in [-0.3, -0.25) is 14.5 Å². The molecule has 5 heteroatoms. The maximum atomic E-state index is 12.5. The molecule has 2 aliphatic heterocycles. The van der Waals surface area contributed by atoms with Crippen molar-refractivity contribution < 1.29 is 19.1 Å². The molecular weight excluding hydrogens is 270 g/mol. The first-order valence-corrected chi connectivity index (χ1v) is 6.99. The molecule has 0 bridgehead atoms. The van der Waals surface area contributed by atoms with E-state index in [9.17, 15) is 9.59 Å². The van der Waals surface area contributed by atoms with E-state index in [4.69, 9.17) is 9.47 Å². The van der Waals surface area contributed by atoms with E-state index in [-0.39, 0.29) is 24.0 Å². The summed E-state index contributed by atoms with van der Waals surface area (Å²) in [5, 5.41) is 0. The molecule has 4 rings (SSSR count). The van der Waals surface area contributed by atoms with E-state index >= 15 is 0 Å². The minimum atomic E-state index is -0.697. The molecule has 1 aromatic rings. The molecule has 3 atom stereocenters. The predicted octanol–water partition coefficient (Wildman–Crippen LogP) is 1.74. The zero-order valence-electron chi connectivity index (χ0n) is 11.8. The van der Waals surface area contributed by atoms with Gasteiger partial charge in [-0.2, -0.15) is 0 Å². The van der Waals surface area contributed by atoms with Crippen molar-refractivity contribution in [3.8, 4) is 0 Å². The van der Waals surface area contributed by atoms with Crippen molar-refractivity contribution in [1.82, 2.24) is 4.90 Å². The van der Waals surface area contributed by atoms with Crippen LogP contribution in [0.3, 0.4) is 0 Å². The summed E-state index contributed by atoms with van der Waals surface area (Å²) in [7, 11) is 0. The first-order chi connectivity index (χ1) is 9.98. The van der Waals surface area contributed by atoms with E-state index in [1.165, 1.54) is 4.90 Å². The van der Waals surface area contributed by atoms with Crippen molar-refractivity contribution in [2.45, 2.75) is 37.9 Å². The van der Waals surface area contributed by atoms with Crippen LogP contribution >= 0.6 is 0 Å². The fraction of sp³-hybridized carbons (Fsp3) is 0.375. The number of carbonyl (C=O) groups is 2. The van der Waals surface area contributed by atoms with Crippen LogP contribution in [0.2, 0.25) is 0 Å². The Kier molecular flexibility index (Phi) is 2.44. The number of hydrogen-bond acceptors (Lipinski definition) is 4. The Bertz CT molecular complexity index is 644. The molecule has 0 saturated carbocycles. The van der Waals surface area contributed by atoms with Crippen molar-refractivity contribution in [3.05, 3.63) is 47.5 Å². The highest BCUT2D eigenvalue weighted by atomic mass is 16.8. The Hall–Kier alpha value is -1.98. The standard InChI is InChI=1S/C16H15NO4/c1-16(2)20-12-8-7-11(13(12)21-16)17-14(18)9-5-3-4-6-10(9)15(17)19/h3-8,11-13H,1-2H3. The van der Waals surface area contributed by atoms with Gasteiger partial charge in [-0.25, -0.2) is 0 Å². The lowest BCUT2D eigenvalue weighted by atomic mass is 10.1. The monoisotopic (exact) mass is 285 g/mol. The smallest absolute Gasteiger partial charge is 0.262 e. The second-order valence-corrected chi connectivity index (χ2v) is 5.97. The van der Waals surface area contributed by atoms with Gasteiger partial charge < -0.3 is 9.47 Å². The summed E-state index contributed by atoms with van der Waals surface area (Å²) >= 11 is 0. The van der Waals surface area contributed by atoms with E-state index in [2.05, 4.69) is 0 Å². The van der Waals surface area contributed by atoms with Crippen molar-refractivity contribution in [1.29, 1.82) is 0 Å². The number of rotatable bonds is 1. The average molecular weight is 285 g/mol. The number of amides is 2. The minimum absolute atomic E-state index is 0.214. The molecule has 5 nitrogen and oxygen atoms in total. The van der Waals surface area contributed by atoms with Crippen LogP contribution in [-0.2, 0) is 9.47 Å². The topological polar surface area (TPSA) is 55.8 Å². The highest BCUT2D eigenvalue weighted by Gasteiger charge is 2.52. The van der Waals surface area contributed by atoms with Crippen LogP contribution in [-0.4, -0.2) is 40.8 Å². The largest absolute Gasteiger partial charge is 0.342 e. The van der Waals surface area contributed by atoms with Gasteiger partial charge in [0.25, 0.3) is 11.8 Å². The van der Waals surface area contributed by atoms with Gasteiger partial charge in [-0.1, -0.05) is 24.3 Å². The number of imide groups is 1. The number of hydrogen-bond donors (Lipinski definition) is 0. The van der Waals surface area contributed by atoms with E-state index < -0.39 is 11.8 Å². The lowest BCUT2D eigenvalue weighted by Gasteiger charge is -2.27. The van der Waals surface area contributed by atoms with Gasteiger partial charge in [0.15, 0.2) is 5.79 Å². The molecule has 108 valence electrons. The Morgan fingerprint density at radius 1 is 1.00 bits per heavy atom. The maximum Gasteiger partial charge on any atom is 0.262 e. The van der Waals surface area contributed by atoms with E-state index in [0.717, 1.165) is 0 Å². The summed E-state index contributed by atoms with van der Waals surface area (Å²) in [5.41, 5.74) is 0.912. The fourth-order valence-electron chi connectivity index (χ4n) is 3.27. The summed E-state index contributed by atoms with van der Waals surface area (Å²) in [6.07, 6.45) is 3.15. The Balaban J connectivity index is 1.69. The van der Waals surface area contributed by atoms with E-state index in [1.54, 1.807) is 24.3 Å². The Morgan fingerprint density at radius 3 is 2.24 bits per heavy atom. The summed E-state index contributed by atoms with van der Waals surface area (Å²) < 4.78 is 11.6. The number of nitrogens with zero attached hydrogens (tertiary/aromatic N) is 1. The molecule has 1 aromatic carbocycles. The fourth-order valence-corrected chi connectivity index (χ4v) is 3.27. The van der Waals surface area contributed by atoms with Crippen molar-refractivity contribution in [3.63, 3.8) is 0 Å². The third-order valence-corrected chi connectivity index (χ3v) is 4.12. The second kappa shape index (κ2) is 4.02. The van der Waals surface area contributed by atoms with Crippen LogP contribution < -0.4 is 0 Å². The number of carbonyl (C=O) groups excluding carboxylic acids is 2. The van der Waals surface area contributed by atoms with E-state index in [0.29, 0.717) is 11.1 Å². The number of fused-ring (bicyclic) bond motifs is 2. The first-order valence-electron chi connectivity index (χ1n) is 6.99. The number of ether oxygens (including phenoxy) is 2. The molecule has 2 amide bonds. The van der Waals surface area contributed by atoms with Crippen molar-refractivity contribution in [2.75, 3.05) is 0 Å².